The Kier molecular flexibility index (Phi) is 9.23. The van der Waals surface area contributed by atoms with E-state index in [2.05, 4.69) is 5.32 Å². The van der Waals surface area contributed by atoms with Gasteiger partial charge in [0.1, 0.15) is 6.10 Å². The Balaban J connectivity index is 1.51. The molecule has 0 saturated carbocycles. The number of alkyl carbamates (subject to hydrolysis) is 1. The van der Waals surface area contributed by atoms with Gasteiger partial charge in [-0.25, -0.2) is 13.2 Å². The van der Waals surface area contributed by atoms with Crippen molar-refractivity contribution in [2.45, 2.75) is 62.2 Å². The largest absolute Gasteiger partial charge is 0.443 e. The number of hydrogen-bond donors (Lipinski definition) is 3. The maximum Gasteiger partial charge on any atom is 0.407 e. The lowest BCUT2D eigenvalue weighted by Crippen LogP contribution is -2.51. The quantitative estimate of drug-likeness (QED) is 0.283. The molecule has 2 heterocycles. The smallest absolute Gasteiger partial charge is 0.407 e. The number of nitrogens with one attached hydrogen (secondary N) is 1. The van der Waals surface area contributed by atoms with Gasteiger partial charge in [-0.05, 0) is 50.5 Å². The van der Waals surface area contributed by atoms with E-state index in [4.69, 9.17) is 24.8 Å². The predicted molar refractivity (Wildman–Crippen MR) is 138 cm³/mol. The van der Waals surface area contributed by atoms with E-state index in [0.29, 0.717) is 6.61 Å². The first-order valence-electron chi connectivity index (χ1n) is 12.6. The summed E-state index contributed by atoms with van der Waals surface area (Å²) in [6, 6.07) is 14.2. The van der Waals surface area contributed by atoms with Crippen molar-refractivity contribution in [2.24, 2.45) is 5.92 Å². The first-order chi connectivity index (χ1) is 18.1. The molecule has 1 amide bonds. The van der Waals surface area contributed by atoms with Crippen LogP contribution in [0.1, 0.15) is 25.8 Å². The van der Waals surface area contributed by atoms with Crippen LogP contribution in [0.4, 0.5) is 10.5 Å². The summed E-state index contributed by atoms with van der Waals surface area (Å²) >= 11 is 0. The van der Waals surface area contributed by atoms with E-state index < -0.39 is 47.0 Å². The molecule has 0 radical (unpaired) electrons. The standard InChI is InChI=1S/C26H35N3O8S/c1-17(2)37-29(38(32,33)20-10-6-9-19(27)14-20)15-23(30)22(13-18-7-4-3-5-8-18)28-26(31)36-24-16-35-25-21(24)11-12-34-25/h3-10,14,17,21-25,30H,11-13,15-16,27H2,1-2H3,(H,28,31)/t21-,22-,23+,24-,25+/m0/s1. The molecule has 2 aromatic carbocycles. The molecule has 2 aliphatic heterocycles. The molecule has 2 fully saturated rings. The highest BCUT2D eigenvalue weighted by atomic mass is 32.2. The van der Waals surface area contributed by atoms with Crippen LogP contribution >= 0.6 is 0 Å². The van der Waals surface area contributed by atoms with Gasteiger partial charge >= 0.3 is 6.09 Å². The molecule has 2 saturated heterocycles. The third kappa shape index (κ3) is 7.01. The number of nitrogen functional groups attached to an aromatic ring is 1. The lowest BCUT2D eigenvalue weighted by atomic mass is 10.0. The van der Waals surface area contributed by atoms with E-state index in [1.165, 1.54) is 18.2 Å². The Bertz CT molecular complexity index is 1180. The Labute approximate surface area is 222 Å². The highest BCUT2D eigenvalue weighted by molar-refractivity contribution is 7.89. The zero-order valence-electron chi connectivity index (χ0n) is 21.4. The number of carbonyl (C=O) groups is 1. The van der Waals surface area contributed by atoms with Crippen molar-refractivity contribution < 1.29 is 37.4 Å². The second kappa shape index (κ2) is 12.4. The number of aliphatic hydroxyl groups is 1. The average Bonchev–Trinajstić information content (AvgIpc) is 3.49. The first-order valence-corrected chi connectivity index (χ1v) is 14.0. The van der Waals surface area contributed by atoms with Gasteiger partial charge in [-0.3, -0.25) is 4.84 Å². The van der Waals surface area contributed by atoms with Crippen LogP contribution in [0.2, 0.25) is 0 Å². The highest BCUT2D eigenvalue weighted by Gasteiger charge is 2.44. The minimum Gasteiger partial charge on any atom is -0.443 e. The lowest BCUT2D eigenvalue weighted by molar-refractivity contribution is -0.136. The van der Waals surface area contributed by atoms with Crippen LogP contribution in [0.15, 0.2) is 59.5 Å². The van der Waals surface area contributed by atoms with Gasteiger partial charge in [0.15, 0.2) is 6.29 Å². The highest BCUT2D eigenvalue weighted by Crippen LogP contribution is 2.33. The SMILES string of the molecule is CC(C)ON(C[C@@H](O)[C@H](Cc1ccccc1)NC(=O)O[C@H]1CO[C@H]2OCC[C@H]21)S(=O)(=O)c1cccc(N)c1. The maximum atomic E-state index is 13.4. The van der Waals surface area contributed by atoms with Gasteiger partial charge in [-0.15, -0.1) is 0 Å². The van der Waals surface area contributed by atoms with Crippen LogP contribution in [-0.2, 0) is 35.5 Å². The van der Waals surface area contributed by atoms with E-state index in [1.807, 2.05) is 30.3 Å². The lowest BCUT2D eigenvalue weighted by Gasteiger charge is -2.30. The van der Waals surface area contributed by atoms with Gasteiger partial charge in [0.25, 0.3) is 10.0 Å². The Morgan fingerprint density at radius 3 is 2.66 bits per heavy atom. The molecule has 38 heavy (non-hydrogen) atoms. The predicted octanol–water partition coefficient (Wildman–Crippen LogP) is 2.06. The van der Waals surface area contributed by atoms with Crippen molar-refractivity contribution in [1.29, 1.82) is 0 Å². The fraction of sp³-hybridized carbons (Fsp3) is 0.500. The fourth-order valence-electron chi connectivity index (χ4n) is 4.53. The summed E-state index contributed by atoms with van der Waals surface area (Å²) in [6.45, 7) is 3.67. The number of carbonyl (C=O) groups excluding carboxylic acids is 1. The normalized spacial score (nSPS) is 22.8. The number of amides is 1. The third-order valence-electron chi connectivity index (χ3n) is 6.40. The summed E-state index contributed by atoms with van der Waals surface area (Å²) < 4.78 is 44.2. The summed E-state index contributed by atoms with van der Waals surface area (Å²) in [5.41, 5.74) is 6.90. The molecule has 2 aromatic rings. The van der Waals surface area contributed by atoms with Crippen LogP contribution in [0.5, 0.6) is 0 Å². The summed E-state index contributed by atoms with van der Waals surface area (Å²) in [5.74, 6) is -0.0448. The number of hydroxylamine groups is 1. The average molecular weight is 550 g/mol. The number of benzene rings is 2. The molecule has 4 rings (SSSR count). The van der Waals surface area contributed by atoms with E-state index in [0.717, 1.165) is 16.5 Å². The molecule has 0 spiro atoms. The van der Waals surface area contributed by atoms with Gasteiger partial charge in [-0.1, -0.05) is 40.9 Å². The summed E-state index contributed by atoms with van der Waals surface area (Å²) in [6.07, 6.45) is -2.49. The maximum absolute atomic E-state index is 13.4. The molecule has 0 unspecified atom stereocenters. The number of ether oxygens (including phenoxy) is 3. The van der Waals surface area contributed by atoms with Crippen molar-refractivity contribution in [1.82, 2.24) is 9.79 Å². The van der Waals surface area contributed by atoms with Crippen molar-refractivity contribution in [3.05, 3.63) is 60.2 Å². The molecular weight excluding hydrogens is 514 g/mol. The number of nitrogens with two attached hydrogens (primary N) is 1. The number of fused-ring (bicyclic) bond motifs is 1. The summed E-state index contributed by atoms with van der Waals surface area (Å²) in [4.78, 5) is 18.4. The summed E-state index contributed by atoms with van der Waals surface area (Å²) in [5, 5.41) is 14.0. The van der Waals surface area contributed by atoms with Crippen molar-refractivity contribution in [3.8, 4) is 0 Å². The Morgan fingerprint density at radius 2 is 1.95 bits per heavy atom. The Hall–Kier alpha value is -2.74. The van der Waals surface area contributed by atoms with Crippen molar-refractivity contribution in [3.63, 3.8) is 0 Å². The van der Waals surface area contributed by atoms with E-state index >= 15 is 0 Å². The molecule has 4 N–H and O–H groups in total. The Morgan fingerprint density at radius 1 is 1.18 bits per heavy atom. The van der Waals surface area contributed by atoms with Gasteiger partial charge in [0, 0.05) is 5.69 Å². The number of nitrogens with zero attached hydrogens (tertiary/aromatic N) is 1. The van der Waals surface area contributed by atoms with E-state index in [9.17, 15) is 18.3 Å². The minimum absolute atomic E-state index is 0.0448. The second-order valence-corrected chi connectivity index (χ2v) is 11.5. The molecular formula is C26H35N3O8S. The number of sulfonamides is 1. The molecule has 2 aliphatic rings. The number of anilines is 1. The topological polar surface area (TPSA) is 150 Å². The molecule has 12 heteroatoms. The van der Waals surface area contributed by atoms with E-state index in [1.54, 1.807) is 19.9 Å². The van der Waals surface area contributed by atoms with Gasteiger partial charge in [0.2, 0.25) is 0 Å². The van der Waals surface area contributed by atoms with Gasteiger partial charge in [0.05, 0.1) is 48.8 Å². The van der Waals surface area contributed by atoms with E-state index in [-0.39, 0.29) is 35.8 Å². The van der Waals surface area contributed by atoms with Crippen LogP contribution in [0.25, 0.3) is 0 Å². The fourth-order valence-corrected chi connectivity index (χ4v) is 5.93. The molecule has 0 bridgehead atoms. The zero-order valence-corrected chi connectivity index (χ0v) is 22.3. The van der Waals surface area contributed by atoms with Crippen LogP contribution in [0, 0.1) is 5.92 Å². The zero-order chi connectivity index (χ0) is 27.3. The van der Waals surface area contributed by atoms with Crippen molar-refractivity contribution in [2.75, 3.05) is 25.5 Å². The van der Waals surface area contributed by atoms with Crippen LogP contribution in [-0.4, -0.2) is 74.5 Å². The molecule has 5 atom stereocenters. The number of hydrogen-bond acceptors (Lipinski definition) is 9. The molecule has 208 valence electrons. The number of aliphatic hydroxyl groups excluding tert-OH is 1. The van der Waals surface area contributed by atoms with Crippen molar-refractivity contribution >= 4 is 21.8 Å². The summed E-state index contributed by atoms with van der Waals surface area (Å²) in [7, 11) is -4.18. The number of rotatable bonds is 11. The molecule has 0 aliphatic carbocycles. The monoisotopic (exact) mass is 549 g/mol. The van der Waals surface area contributed by atoms with Crippen LogP contribution < -0.4 is 11.1 Å². The van der Waals surface area contributed by atoms with Crippen LogP contribution in [0.3, 0.4) is 0 Å². The van der Waals surface area contributed by atoms with Gasteiger partial charge < -0.3 is 30.4 Å². The van der Waals surface area contributed by atoms with Gasteiger partial charge in [-0.2, -0.15) is 0 Å². The third-order valence-corrected chi connectivity index (χ3v) is 8.02. The second-order valence-electron chi connectivity index (χ2n) is 9.69. The molecule has 11 nitrogen and oxygen atoms in total. The first kappa shape index (κ1) is 28.3. The molecule has 0 aromatic heterocycles. The minimum atomic E-state index is -4.18.